The highest BCUT2D eigenvalue weighted by Crippen LogP contribution is 2.20. The van der Waals surface area contributed by atoms with E-state index < -0.39 is 5.54 Å². The monoisotopic (exact) mass is 403 g/mol. The largest absolute Gasteiger partial charge is 0.354 e. The first kappa shape index (κ1) is 25.2. The molecule has 6 heteroatoms. The molecule has 0 spiro atoms. The van der Waals surface area contributed by atoms with Crippen LogP contribution in [-0.2, 0) is 10.3 Å². The summed E-state index contributed by atoms with van der Waals surface area (Å²) in [6, 6.07) is 9.59. The number of hydrogen-bond donors (Lipinski definition) is 2. The second kappa shape index (κ2) is 11.8. The van der Waals surface area contributed by atoms with Crippen molar-refractivity contribution in [3.63, 3.8) is 0 Å². The number of likely N-dealkylation sites (tertiary alicyclic amines) is 1. The van der Waals surface area contributed by atoms with Gasteiger partial charge in [-0.1, -0.05) is 44.2 Å². The Morgan fingerprint density at radius 1 is 1.23 bits per heavy atom. The Morgan fingerprint density at radius 2 is 1.81 bits per heavy atom. The fourth-order valence-corrected chi connectivity index (χ4v) is 3.19. The Bertz CT molecular complexity index is 515. The molecule has 0 radical (unpaired) electrons. The van der Waals surface area contributed by atoms with E-state index in [1.807, 2.05) is 30.3 Å². The average Bonchev–Trinajstić information content (AvgIpc) is 2.59. The summed E-state index contributed by atoms with van der Waals surface area (Å²) in [5.41, 5.74) is 6.15. The maximum atomic E-state index is 12.5. The Morgan fingerprint density at radius 3 is 2.35 bits per heavy atom. The number of nitrogens with two attached hydrogens (primary N) is 1. The number of nitrogens with zero attached hydrogens (tertiary/aromatic N) is 1. The van der Waals surface area contributed by atoms with E-state index in [1.54, 1.807) is 6.92 Å². The third-order valence-corrected chi connectivity index (χ3v) is 5.13. The normalized spacial score (nSPS) is 17.7. The summed E-state index contributed by atoms with van der Waals surface area (Å²) in [4.78, 5) is 15.1. The zero-order valence-electron chi connectivity index (χ0n) is 16.2. The van der Waals surface area contributed by atoms with Crippen molar-refractivity contribution < 1.29 is 4.79 Å². The topological polar surface area (TPSA) is 58.4 Å². The van der Waals surface area contributed by atoms with Gasteiger partial charge in [0.05, 0.1) is 0 Å². The maximum Gasteiger partial charge on any atom is 0.244 e. The number of carbonyl (C=O) groups is 1. The molecular formula is C20H35Cl2N3O. The molecule has 0 saturated carbocycles. The lowest BCUT2D eigenvalue weighted by Gasteiger charge is -2.33. The van der Waals surface area contributed by atoms with Gasteiger partial charge in [-0.25, -0.2) is 0 Å². The van der Waals surface area contributed by atoms with E-state index >= 15 is 0 Å². The van der Waals surface area contributed by atoms with Gasteiger partial charge in [0.1, 0.15) is 5.54 Å². The molecule has 1 saturated heterocycles. The predicted molar refractivity (Wildman–Crippen MR) is 114 cm³/mol. The van der Waals surface area contributed by atoms with Crippen LogP contribution in [0.2, 0.25) is 0 Å². The summed E-state index contributed by atoms with van der Waals surface area (Å²) >= 11 is 0. The summed E-state index contributed by atoms with van der Waals surface area (Å²) in [5, 5.41) is 3.07. The van der Waals surface area contributed by atoms with Crippen LogP contribution in [0, 0.1) is 11.8 Å². The van der Waals surface area contributed by atoms with Gasteiger partial charge < -0.3 is 16.0 Å². The van der Waals surface area contributed by atoms with Crippen LogP contribution >= 0.6 is 24.8 Å². The fourth-order valence-electron chi connectivity index (χ4n) is 3.19. The number of piperidine rings is 1. The minimum Gasteiger partial charge on any atom is -0.354 e. The lowest BCUT2D eigenvalue weighted by atomic mass is 9.91. The standard InChI is InChI=1S/C20H33N3O.2ClH/c1-16(2)9-12-23-13-10-17(11-14-23)15-22-19(24)20(3,21)18-7-5-4-6-8-18;;/h4-8,16-17H,9-15,21H2,1-3H3,(H,22,24);2*1H. The van der Waals surface area contributed by atoms with Crippen molar-refractivity contribution in [1.82, 2.24) is 10.2 Å². The van der Waals surface area contributed by atoms with E-state index in [2.05, 4.69) is 24.1 Å². The summed E-state index contributed by atoms with van der Waals surface area (Å²) in [6.45, 7) is 10.6. The quantitative estimate of drug-likeness (QED) is 0.731. The summed E-state index contributed by atoms with van der Waals surface area (Å²) in [7, 11) is 0. The summed E-state index contributed by atoms with van der Waals surface area (Å²) < 4.78 is 0. The minimum atomic E-state index is -0.973. The SMILES string of the molecule is CC(C)CCN1CCC(CNC(=O)C(C)(N)c2ccccc2)CC1.Cl.Cl. The highest BCUT2D eigenvalue weighted by atomic mass is 35.5. The number of carbonyl (C=O) groups excluding carboxylic acids is 1. The molecule has 3 N–H and O–H groups in total. The van der Waals surface area contributed by atoms with Crippen LogP contribution in [0.15, 0.2) is 30.3 Å². The molecular weight excluding hydrogens is 369 g/mol. The van der Waals surface area contributed by atoms with Gasteiger partial charge in [-0.3, -0.25) is 4.79 Å². The number of nitrogens with one attached hydrogen (secondary N) is 1. The van der Waals surface area contributed by atoms with E-state index in [1.165, 1.54) is 13.0 Å². The summed E-state index contributed by atoms with van der Waals surface area (Å²) in [6.07, 6.45) is 3.58. The molecule has 150 valence electrons. The first-order chi connectivity index (χ1) is 11.4. The van der Waals surface area contributed by atoms with Crippen LogP contribution in [-0.4, -0.2) is 37.0 Å². The molecule has 1 atom stereocenters. The molecule has 1 aromatic carbocycles. The van der Waals surface area contributed by atoms with Crippen LogP contribution in [0.3, 0.4) is 0 Å². The van der Waals surface area contributed by atoms with E-state index in [0.29, 0.717) is 5.92 Å². The van der Waals surface area contributed by atoms with Crippen molar-refractivity contribution in [2.75, 3.05) is 26.2 Å². The molecule has 0 bridgehead atoms. The van der Waals surface area contributed by atoms with Crippen molar-refractivity contribution in [2.24, 2.45) is 17.6 Å². The van der Waals surface area contributed by atoms with Crippen molar-refractivity contribution in [1.29, 1.82) is 0 Å². The van der Waals surface area contributed by atoms with Crippen molar-refractivity contribution >= 4 is 30.7 Å². The number of benzene rings is 1. The van der Waals surface area contributed by atoms with Crippen molar-refractivity contribution in [2.45, 2.75) is 45.6 Å². The third kappa shape index (κ3) is 7.43. The lowest BCUT2D eigenvalue weighted by molar-refractivity contribution is -0.126. The Hall–Kier alpha value is -0.810. The maximum absolute atomic E-state index is 12.5. The van der Waals surface area contributed by atoms with Crippen LogP contribution in [0.1, 0.15) is 45.6 Å². The van der Waals surface area contributed by atoms with Gasteiger partial charge in [-0.2, -0.15) is 0 Å². The Labute approximate surface area is 171 Å². The molecule has 2 rings (SSSR count). The molecule has 1 aromatic rings. The van der Waals surface area contributed by atoms with Crippen LogP contribution < -0.4 is 11.1 Å². The predicted octanol–water partition coefficient (Wildman–Crippen LogP) is 3.58. The van der Waals surface area contributed by atoms with Gasteiger partial charge in [0, 0.05) is 6.54 Å². The highest BCUT2D eigenvalue weighted by molar-refractivity contribution is 5.87. The van der Waals surface area contributed by atoms with Gasteiger partial charge in [0.25, 0.3) is 0 Å². The first-order valence-electron chi connectivity index (χ1n) is 9.24. The van der Waals surface area contributed by atoms with Crippen molar-refractivity contribution in [3.05, 3.63) is 35.9 Å². The number of hydrogen-bond acceptors (Lipinski definition) is 3. The van der Waals surface area contributed by atoms with Crippen molar-refractivity contribution in [3.8, 4) is 0 Å². The number of amides is 1. The van der Waals surface area contributed by atoms with Gasteiger partial charge in [-0.15, -0.1) is 24.8 Å². The Balaban J connectivity index is 0.00000312. The Kier molecular flexibility index (Phi) is 11.4. The molecule has 1 unspecified atom stereocenters. The van der Waals surface area contributed by atoms with E-state index in [9.17, 15) is 4.79 Å². The van der Waals surface area contributed by atoms with E-state index in [-0.39, 0.29) is 30.7 Å². The van der Waals surface area contributed by atoms with Gasteiger partial charge >= 0.3 is 0 Å². The number of halogens is 2. The zero-order valence-corrected chi connectivity index (χ0v) is 17.9. The zero-order chi connectivity index (χ0) is 17.6. The fraction of sp³-hybridized carbons (Fsp3) is 0.650. The smallest absolute Gasteiger partial charge is 0.244 e. The van der Waals surface area contributed by atoms with Gasteiger partial charge in [0.15, 0.2) is 0 Å². The van der Waals surface area contributed by atoms with Crippen LogP contribution in [0.5, 0.6) is 0 Å². The van der Waals surface area contributed by atoms with Gasteiger partial charge in [0.2, 0.25) is 5.91 Å². The average molecular weight is 404 g/mol. The minimum absolute atomic E-state index is 0. The first-order valence-corrected chi connectivity index (χ1v) is 9.24. The van der Waals surface area contributed by atoms with E-state index in [4.69, 9.17) is 5.73 Å². The third-order valence-electron chi connectivity index (χ3n) is 5.13. The molecule has 1 amide bonds. The van der Waals surface area contributed by atoms with Crippen LogP contribution in [0.25, 0.3) is 0 Å². The van der Waals surface area contributed by atoms with Crippen LogP contribution in [0.4, 0.5) is 0 Å². The molecule has 1 fully saturated rings. The molecule has 1 heterocycles. The molecule has 0 aromatic heterocycles. The lowest BCUT2D eigenvalue weighted by Crippen LogP contribution is -2.50. The van der Waals surface area contributed by atoms with E-state index in [0.717, 1.165) is 44.0 Å². The van der Waals surface area contributed by atoms with Gasteiger partial charge in [-0.05, 0) is 63.2 Å². The molecule has 26 heavy (non-hydrogen) atoms. The number of rotatable bonds is 7. The second-order valence-electron chi connectivity index (χ2n) is 7.75. The summed E-state index contributed by atoms with van der Waals surface area (Å²) in [5.74, 6) is 1.24. The molecule has 0 aliphatic carbocycles. The second-order valence-corrected chi connectivity index (χ2v) is 7.75. The molecule has 1 aliphatic rings. The molecule has 4 nitrogen and oxygen atoms in total. The highest BCUT2D eigenvalue weighted by Gasteiger charge is 2.31. The molecule has 1 aliphatic heterocycles.